The number of nitrogens with zero attached hydrogens (tertiary/aromatic N) is 4. The van der Waals surface area contributed by atoms with Crippen molar-refractivity contribution in [3.63, 3.8) is 0 Å². The Morgan fingerprint density at radius 2 is 1.69 bits per heavy atom. The van der Waals surface area contributed by atoms with E-state index in [4.69, 9.17) is 54.4 Å². The van der Waals surface area contributed by atoms with Gasteiger partial charge in [0.15, 0.2) is 0 Å². The average molecular weight is 795 g/mol. The third-order valence-corrected chi connectivity index (χ3v) is 10.5. The molecule has 2 aromatic carbocycles. The molecule has 1 fully saturated rings. The second-order valence-electron chi connectivity index (χ2n) is 14.0. The van der Waals surface area contributed by atoms with Crippen LogP contribution in [0.25, 0.3) is 39.0 Å². The van der Waals surface area contributed by atoms with E-state index >= 15 is 0 Å². The number of fused-ring (bicyclic) bond motifs is 1. The first-order chi connectivity index (χ1) is 25.7. The zero-order valence-corrected chi connectivity index (χ0v) is 33.1. The maximum Gasteiger partial charge on any atom is 0.326 e. The molecule has 1 aliphatic rings. The number of esters is 1. The maximum absolute atomic E-state index is 13.5. The quantitative estimate of drug-likeness (QED) is 0.113. The SMILES string of the molecule is COc1nc(-c2cccc(-c3cccc(-c4cc5c(=O)n(C)c(CNC(C)(C)C(=O)OC(C)C)nn5c4)c3Cl)c2Cl)cc(Cl)c1CNC[C@@H]1CCC(=O)N1. The molecule has 6 rings (SSSR count). The van der Waals surface area contributed by atoms with Gasteiger partial charge in [-0.1, -0.05) is 71.2 Å². The summed E-state index contributed by atoms with van der Waals surface area (Å²) in [6.07, 6.45) is 2.81. The van der Waals surface area contributed by atoms with Gasteiger partial charge in [-0.2, -0.15) is 5.10 Å². The fourth-order valence-electron chi connectivity index (χ4n) is 6.30. The van der Waals surface area contributed by atoms with Crippen molar-refractivity contribution >= 4 is 52.2 Å². The van der Waals surface area contributed by atoms with Crippen molar-refractivity contribution in [3.8, 4) is 39.4 Å². The minimum absolute atomic E-state index is 0.0609. The lowest BCUT2D eigenvalue weighted by molar-refractivity contribution is -0.154. The number of halogens is 3. The van der Waals surface area contributed by atoms with E-state index in [9.17, 15) is 14.4 Å². The lowest BCUT2D eigenvalue weighted by Gasteiger charge is -2.25. The van der Waals surface area contributed by atoms with Crippen LogP contribution in [0.3, 0.4) is 0 Å². The van der Waals surface area contributed by atoms with Gasteiger partial charge in [-0.3, -0.25) is 24.3 Å². The van der Waals surface area contributed by atoms with E-state index in [1.54, 1.807) is 53.1 Å². The predicted molar refractivity (Wildman–Crippen MR) is 211 cm³/mol. The van der Waals surface area contributed by atoms with Gasteiger partial charge >= 0.3 is 5.97 Å². The lowest BCUT2D eigenvalue weighted by Crippen LogP contribution is -2.48. The Labute approximate surface area is 328 Å². The smallest absolute Gasteiger partial charge is 0.326 e. The highest BCUT2D eigenvalue weighted by Gasteiger charge is 2.30. The number of methoxy groups -OCH3 is 1. The summed E-state index contributed by atoms with van der Waals surface area (Å²) in [5, 5.41) is 15.4. The van der Waals surface area contributed by atoms with Crippen molar-refractivity contribution in [1.82, 2.24) is 35.1 Å². The molecule has 15 heteroatoms. The van der Waals surface area contributed by atoms with Crippen LogP contribution in [-0.4, -0.2) is 62.4 Å². The molecule has 54 heavy (non-hydrogen) atoms. The first-order valence-electron chi connectivity index (χ1n) is 17.5. The van der Waals surface area contributed by atoms with Crippen molar-refractivity contribution in [2.24, 2.45) is 7.05 Å². The minimum atomic E-state index is -1.00. The van der Waals surface area contributed by atoms with E-state index in [0.29, 0.717) is 90.9 Å². The molecule has 12 nitrogen and oxygen atoms in total. The molecule has 5 aromatic rings. The van der Waals surface area contributed by atoms with Crippen LogP contribution in [0.2, 0.25) is 15.1 Å². The number of pyridine rings is 1. The van der Waals surface area contributed by atoms with Crippen LogP contribution in [0.15, 0.2) is 59.5 Å². The topological polar surface area (TPSA) is 141 Å². The molecule has 0 saturated carbocycles. The fraction of sp³-hybridized carbons (Fsp3) is 0.359. The van der Waals surface area contributed by atoms with Crippen LogP contribution in [-0.2, 0) is 34.5 Å². The summed E-state index contributed by atoms with van der Waals surface area (Å²) in [5.74, 6) is 0.447. The van der Waals surface area contributed by atoms with Gasteiger partial charge in [0.25, 0.3) is 5.56 Å². The lowest BCUT2D eigenvalue weighted by atomic mass is 9.97. The first kappa shape index (κ1) is 39.2. The number of amides is 1. The zero-order valence-electron chi connectivity index (χ0n) is 30.9. The maximum atomic E-state index is 13.5. The molecule has 0 spiro atoms. The third-order valence-electron chi connectivity index (χ3n) is 9.35. The Morgan fingerprint density at radius 3 is 2.33 bits per heavy atom. The molecular weight excluding hydrogens is 753 g/mol. The molecular formula is C39H42Cl3N7O5. The molecule has 0 aliphatic carbocycles. The standard InChI is InChI=1S/C39H42Cl3N7O5/c1-21(2)54-38(52)39(3,4)44-19-32-47-49-20-22(15-31(49)37(51)48(32)5)24-9-7-10-25(34(24)41)26-11-8-12-27(35(26)42)30-16-29(40)28(36(46-30)53-6)18-43-17-23-13-14-33(50)45-23/h7-12,15-16,20-21,23,43-44H,13-14,17-19H2,1-6H3,(H,45,50)/t23-/m0/s1. The van der Waals surface area contributed by atoms with E-state index in [0.717, 1.165) is 6.42 Å². The summed E-state index contributed by atoms with van der Waals surface area (Å²) >= 11 is 21.0. The second kappa shape index (κ2) is 16.1. The zero-order chi connectivity index (χ0) is 38.9. The number of nitrogens with one attached hydrogen (secondary N) is 3. The minimum Gasteiger partial charge on any atom is -0.481 e. The van der Waals surface area contributed by atoms with Crippen molar-refractivity contribution in [1.29, 1.82) is 0 Å². The van der Waals surface area contributed by atoms with Gasteiger partial charge in [-0.15, -0.1) is 0 Å². The van der Waals surface area contributed by atoms with Gasteiger partial charge in [0.05, 0.1) is 40.5 Å². The molecule has 1 saturated heterocycles. The van der Waals surface area contributed by atoms with E-state index in [1.807, 2.05) is 36.4 Å². The number of hydrogen-bond donors (Lipinski definition) is 3. The number of aromatic nitrogens is 4. The van der Waals surface area contributed by atoms with Gasteiger partial charge in [-0.05, 0) is 46.2 Å². The van der Waals surface area contributed by atoms with Gasteiger partial charge in [0, 0.05) is 72.2 Å². The Hall–Kier alpha value is -4.46. The average Bonchev–Trinajstić information content (AvgIpc) is 3.75. The molecule has 1 aliphatic heterocycles. The number of ether oxygens (including phenoxy) is 2. The Balaban J connectivity index is 1.28. The molecule has 0 bridgehead atoms. The van der Waals surface area contributed by atoms with Crippen molar-refractivity contribution in [2.45, 2.75) is 71.3 Å². The number of rotatable bonds is 13. The van der Waals surface area contributed by atoms with E-state index in [2.05, 4.69) is 16.0 Å². The highest BCUT2D eigenvalue weighted by Crippen LogP contribution is 2.43. The van der Waals surface area contributed by atoms with Crippen LogP contribution in [0.4, 0.5) is 0 Å². The van der Waals surface area contributed by atoms with Crippen LogP contribution in [0.5, 0.6) is 5.88 Å². The van der Waals surface area contributed by atoms with Crippen LogP contribution < -0.4 is 26.2 Å². The van der Waals surface area contributed by atoms with Crippen LogP contribution in [0, 0.1) is 0 Å². The summed E-state index contributed by atoms with van der Waals surface area (Å²) in [5.41, 5.74) is 3.65. The number of carbonyl (C=O) groups excluding carboxylic acids is 2. The summed E-state index contributed by atoms with van der Waals surface area (Å²) in [7, 11) is 3.18. The first-order valence-corrected chi connectivity index (χ1v) is 18.7. The molecule has 1 amide bonds. The highest BCUT2D eigenvalue weighted by molar-refractivity contribution is 6.39. The van der Waals surface area contributed by atoms with Crippen molar-refractivity contribution in [2.75, 3.05) is 13.7 Å². The number of carbonyl (C=O) groups is 2. The highest BCUT2D eigenvalue weighted by atomic mass is 35.5. The normalized spacial score (nSPS) is 14.6. The Kier molecular flexibility index (Phi) is 11.7. The fourth-order valence-corrected chi connectivity index (χ4v) is 7.21. The summed E-state index contributed by atoms with van der Waals surface area (Å²) in [4.78, 5) is 42.4. The van der Waals surface area contributed by atoms with Crippen molar-refractivity contribution in [3.05, 3.63) is 91.5 Å². The molecule has 1 atom stereocenters. The number of benzene rings is 2. The number of hydrogen-bond acceptors (Lipinski definition) is 9. The summed E-state index contributed by atoms with van der Waals surface area (Å²) < 4.78 is 14.0. The molecule has 0 radical (unpaired) electrons. The second-order valence-corrected chi connectivity index (χ2v) is 15.2. The molecule has 284 valence electrons. The monoisotopic (exact) mass is 793 g/mol. The van der Waals surface area contributed by atoms with Gasteiger partial charge in [0.1, 0.15) is 16.9 Å². The molecule has 3 aromatic heterocycles. The molecule has 3 N–H and O–H groups in total. The van der Waals surface area contributed by atoms with Crippen molar-refractivity contribution < 1.29 is 19.1 Å². The largest absolute Gasteiger partial charge is 0.481 e. The van der Waals surface area contributed by atoms with E-state index in [1.165, 1.54) is 16.2 Å². The van der Waals surface area contributed by atoms with Crippen LogP contribution in [0.1, 0.15) is 51.9 Å². The summed E-state index contributed by atoms with van der Waals surface area (Å²) in [6, 6.07) is 14.8. The van der Waals surface area contributed by atoms with E-state index < -0.39 is 11.5 Å². The molecule has 4 heterocycles. The van der Waals surface area contributed by atoms with Gasteiger partial charge in [-0.25, -0.2) is 9.50 Å². The Bertz CT molecular complexity index is 2300. The van der Waals surface area contributed by atoms with E-state index in [-0.39, 0.29) is 30.2 Å². The molecule has 0 unspecified atom stereocenters. The Morgan fingerprint density at radius 1 is 1.02 bits per heavy atom. The third kappa shape index (κ3) is 8.13. The van der Waals surface area contributed by atoms with Gasteiger partial charge < -0.3 is 20.1 Å². The summed E-state index contributed by atoms with van der Waals surface area (Å²) in [6.45, 7) is 8.17. The van der Waals surface area contributed by atoms with Crippen LogP contribution >= 0.6 is 34.8 Å². The predicted octanol–water partition coefficient (Wildman–Crippen LogP) is 6.59. The van der Waals surface area contributed by atoms with Gasteiger partial charge in [0.2, 0.25) is 11.8 Å².